The molecule has 1 saturated heterocycles. The molecule has 3 heteroatoms. The number of hydrogen-bond acceptors (Lipinski definition) is 2. The van der Waals surface area contributed by atoms with Gasteiger partial charge in [0.05, 0.1) is 12.7 Å². The van der Waals surface area contributed by atoms with Gasteiger partial charge in [0, 0.05) is 6.00 Å². The van der Waals surface area contributed by atoms with E-state index in [-0.39, 0.29) is 18.7 Å². The summed E-state index contributed by atoms with van der Waals surface area (Å²) in [5, 5.41) is 8.62. The normalized spacial score (nSPS) is 43.6. The maximum Gasteiger partial charge on any atom is 0.109 e. The van der Waals surface area contributed by atoms with Crippen molar-refractivity contribution in [2.75, 3.05) is 6.61 Å². The molecule has 0 saturated carbocycles. The Hall–Kier alpha value is -0.0151. The summed E-state index contributed by atoms with van der Waals surface area (Å²) in [5.41, 5.74) is 0. The van der Waals surface area contributed by atoms with Crippen LogP contribution in [0.1, 0.15) is 13.3 Å². The van der Waals surface area contributed by atoms with Crippen LogP contribution in [0, 0.1) is 5.92 Å². The molecule has 0 aliphatic carbocycles. The Bertz CT molecular complexity index is 87.1. The highest BCUT2D eigenvalue weighted by Crippen LogP contribution is 2.23. The van der Waals surface area contributed by atoms with Gasteiger partial charge in [-0.25, -0.2) is 0 Å². The van der Waals surface area contributed by atoms with Gasteiger partial charge in [-0.1, -0.05) is 6.92 Å². The van der Waals surface area contributed by atoms with E-state index in [2.05, 4.69) is 0 Å². The molecule has 1 aliphatic heterocycles. The molecule has 3 atom stereocenters. The molecule has 0 aromatic carbocycles. The van der Waals surface area contributed by atoms with E-state index in [1.54, 1.807) is 0 Å². The summed E-state index contributed by atoms with van der Waals surface area (Å²) in [7, 11) is 5.51. The zero-order valence-electron chi connectivity index (χ0n) is 5.58. The molecule has 2 radical (unpaired) electrons. The number of hydrogen-bond donors (Lipinski definition) is 1. The first kappa shape index (κ1) is 7.10. The molecule has 0 unspecified atom stereocenters. The molecule has 1 fully saturated rings. The lowest BCUT2D eigenvalue weighted by Crippen LogP contribution is -2.15. The van der Waals surface area contributed by atoms with Crippen molar-refractivity contribution in [1.29, 1.82) is 0 Å². The molecule has 0 aromatic rings. The molecule has 1 N–H and O–H groups in total. The van der Waals surface area contributed by atoms with Crippen molar-refractivity contribution in [2.45, 2.75) is 25.5 Å². The van der Waals surface area contributed by atoms with Crippen molar-refractivity contribution in [3.05, 3.63) is 0 Å². The van der Waals surface area contributed by atoms with E-state index in [0.717, 1.165) is 6.42 Å². The standard InChI is InChI=1S/C6H11BO2/c1-4-2-5(3-8)9-6(4)7/h4-6,8H,2-3H2,1H3/t4-,5-,6+/m0/s1. The molecule has 0 aromatic heterocycles. The first-order chi connectivity index (χ1) is 4.24. The van der Waals surface area contributed by atoms with Crippen molar-refractivity contribution in [1.82, 2.24) is 0 Å². The molecule has 0 bridgehead atoms. The van der Waals surface area contributed by atoms with Crippen molar-refractivity contribution < 1.29 is 9.84 Å². The van der Waals surface area contributed by atoms with E-state index in [4.69, 9.17) is 17.7 Å². The fraction of sp³-hybridized carbons (Fsp3) is 1.00. The third-order valence-electron chi connectivity index (χ3n) is 1.75. The van der Waals surface area contributed by atoms with Gasteiger partial charge in [0.2, 0.25) is 0 Å². The maximum atomic E-state index is 8.62. The van der Waals surface area contributed by atoms with E-state index >= 15 is 0 Å². The summed E-state index contributed by atoms with van der Waals surface area (Å²) < 4.78 is 5.15. The molecule has 50 valence electrons. The van der Waals surface area contributed by atoms with Gasteiger partial charge in [-0.2, -0.15) is 0 Å². The molecular weight excluding hydrogens is 115 g/mol. The van der Waals surface area contributed by atoms with E-state index in [1.165, 1.54) is 0 Å². The van der Waals surface area contributed by atoms with Crippen LogP contribution in [-0.2, 0) is 4.74 Å². The zero-order chi connectivity index (χ0) is 6.85. The Morgan fingerprint density at radius 3 is 2.67 bits per heavy atom. The average molecular weight is 126 g/mol. The topological polar surface area (TPSA) is 29.5 Å². The van der Waals surface area contributed by atoms with Crippen LogP contribution in [-0.4, -0.2) is 31.7 Å². The van der Waals surface area contributed by atoms with Crippen LogP contribution in [0.3, 0.4) is 0 Å². The van der Waals surface area contributed by atoms with Crippen molar-refractivity contribution in [2.24, 2.45) is 5.92 Å². The predicted octanol–water partition coefficient (Wildman–Crippen LogP) is -0.102. The second kappa shape index (κ2) is 2.71. The van der Waals surface area contributed by atoms with Crippen LogP contribution < -0.4 is 0 Å². The van der Waals surface area contributed by atoms with Crippen molar-refractivity contribution in [3.8, 4) is 0 Å². The van der Waals surface area contributed by atoms with Gasteiger partial charge in [-0.3, -0.25) is 0 Å². The highest BCUT2D eigenvalue weighted by Gasteiger charge is 2.27. The molecule has 0 spiro atoms. The zero-order valence-corrected chi connectivity index (χ0v) is 5.58. The van der Waals surface area contributed by atoms with Gasteiger partial charge in [0.1, 0.15) is 7.85 Å². The fourth-order valence-electron chi connectivity index (χ4n) is 1.08. The van der Waals surface area contributed by atoms with Gasteiger partial charge in [-0.05, 0) is 12.3 Å². The second-order valence-corrected chi connectivity index (χ2v) is 2.62. The van der Waals surface area contributed by atoms with Crippen LogP contribution in [0.4, 0.5) is 0 Å². The Labute approximate surface area is 56.6 Å². The lowest BCUT2D eigenvalue weighted by molar-refractivity contribution is 0.0405. The SMILES string of the molecule is [B][C@@H]1O[C@H](CO)C[C@@H]1C. The minimum atomic E-state index is -0.165. The number of ether oxygens (including phenoxy) is 1. The Kier molecular flexibility index (Phi) is 2.14. The molecule has 1 rings (SSSR count). The van der Waals surface area contributed by atoms with Crippen LogP contribution in [0.5, 0.6) is 0 Å². The minimum Gasteiger partial charge on any atom is -0.394 e. The van der Waals surface area contributed by atoms with Gasteiger partial charge in [-0.15, -0.1) is 0 Å². The summed E-state index contributed by atoms with van der Waals surface area (Å²) in [6.45, 7) is 2.12. The lowest BCUT2D eigenvalue weighted by Gasteiger charge is -2.07. The largest absolute Gasteiger partial charge is 0.394 e. The fourth-order valence-corrected chi connectivity index (χ4v) is 1.08. The van der Waals surface area contributed by atoms with E-state index in [9.17, 15) is 0 Å². The third kappa shape index (κ3) is 1.46. The molecule has 0 amide bonds. The predicted molar refractivity (Wildman–Crippen MR) is 35.3 cm³/mol. The van der Waals surface area contributed by atoms with Crippen molar-refractivity contribution in [3.63, 3.8) is 0 Å². The number of aliphatic hydroxyl groups is 1. The molecular formula is C6H11BO2. The number of rotatable bonds is 1. The van der Waals surface area contributed by atoms with Gasteiger partial charge in [0.25, 0.3) is 0 Å². The van der Waals surface area contributed by atoms with Crippen LogP contribution in [0.15, 0.2) is 0 Å². The Balaban J connectivity index is 2.35. The highest BCUT2D eigenvalue weighted by atomic mass is 16.5. The maximum absolute atomic E-state index is 8.62. The van der Waals surface area contributed by atoms with Crippen LogP contribution in [0.25, 0.3) is 0 Å². The van der Waals surface area contributed by atoms with E-state index in [1.807, 2.05) is 6.92 Å². The van der Waals surface area contributed by atoms with Gasteiger partial charge >= 0.3 is 0 Å². The van der Waals surface area contributed by atoms with Crippen LogP contribution in [0.2, 0.25) is 0 Å². The molecule has 1 heterocycles. The molecule has 9 heavy (non-hydrogen) atoms. The van der Waals surface area contributed by atoms with Crippen molar-refractivity contribution >= 4 is 7.85 Å². The van der Waals surface area contributed by atoms with Crippen LogP contribution >= 0.6 is 0 Å². The van der Waals surface area contributed by atoms with E-state index in [0.29, 0.717) is 5.92 Å². The first-order valence-electron chi connectivity index (χ1n) is 3.26. The smallest absolute Gasteiger partial charge is 0.109 e. The van der Waals surface area contributed by atoms with Gasteiger partial charge in [0.15, 0.2) is 0 Å². The summed E-state index contributed by atoms with van der Waals surface area (Å²) in [4.78, 5) is 0. The summed E-state index contributed by atoms with van der Waals surface area (Å²) in [5.74, 6) is 0.391. The first-order valence-corrected chi connectivity index (χ1v) is 3.26. The average Bonchev–Trinajstić information content (AvgIpc) is 2.13. The summed E-state index contributed by atoms with van der Waals surface area (Å²) >= 11 is 0. The van der Waals surface area contributed by atoms with Gasteiger partial charge < -0.3 is 9.84 Å². The number of aliphatic hydroxyl groups excluding tert-OH is 1. The summed E-state index contributed by atoms with van der Waals surface area (Å²) in [6.07, 6.45) is 0.868. The summed E-state index contributed by atoms with van der Waals surface area (Å²) in [6, 6.07) is -0.165. The monoisotopic (exact) mass is 126 g/mol. The van der Waals surface area contributed by atoms with E-state index < -0.39 is 0 Å². The Morgan fingerprint density at radius 2 is 2.44 bits per heavy atom. The molecule has 1 aliphatic rings. The minimum absolute atomic E-state index is 0.0185. The lowest BCUT2D eigenvalue weighted by atomic mass is 9.88. The highest BCUT2D eigenvalue weighted by molar-refractivity contribution is 6.11. The molecule has 2 nitrogen and oxygen atoms in total. The third-order valence-corrected chi connectivity index (χ3v) is 1.75. The Morgan fingerprint density at radius 1 is 1.78 bits per heavy atom. The quantitative estimate of drug-likeness (QED) is 0.497. The second-order valence-electron chi connectivity index (χ2n) is 2.62.